The molecule has 2 atom stereocenters. The van der Waals surface area contributed by atoms with E-state index in [9.17, 15) is 14.7 Å². The predicted molar refractivity (Wildman–Crippen MR) is 138 cm³/mol. The Morgan fingerprint density at radius 2 is 1.71 bits per heavy atom. The Morgan fingerprint density at radius 3 is 2.35 bits per heavy atom. The summed E-state index contributed by atoms with van der Waals surface area (Å²) in [5, 5.41) is 17.4. The number of hydrogen-bond donors (Lipinski definition) is 3. The number of carbonyl (C=O) groups excluding carboxylic acids is 2. The number of rotatable bonds is 16. The van der Waals surface area contributed by atoms with E-state index in [0.29, 0.717) is 38.3 Å². The summed E-state index contributed by atoms with van der Waals surface area (Å²) in [5.41, 5.74) is 1.17. The summed E-state index contributed by atoms with van der Waals surface area (Å²) in [6.45, 7) is 6.85. The van der Waals surface area contributed by atoms with Gasteiger partial charge in [0.15, 0.2) is 0 Å². The maximum Gasteiger partial charge on any atom is 0.222 e. The summed E-state index contributed by atoms with van der Waals surface area (Å²) in [6, 6.07) is 9.87. The zero-order valence-corrected chi connectivity index (χ0v) is 21.4. The summed E-state index contributed by atoms with van der Waals surface area (Å²) in [7, 11) is 0. The highest BCUT2D eigenvalue weighted by Gasteiger charge is 2.26. The summed E-state index contributed by atoms with van der Waals surface area (Å²) >= 11 is 0. The molecule has 1 saturated carbocycles. The average molecular weight is 474 g/mol. The Labute approximate surface area is 206 Å². The van der Waals surface area contributed by atoms with Crippen LogP contribution in [0.15, 0.2) is 30.3 Å². The van der Waals surface area contributed by atoms with Crippen LogP contribution < -0.4 is 10.6 Å². The molecule has 0 bridgehead atoms. The molecule has 0 aliphatic heterocycles. The first-order valence-corrected chi connectivity index (χ1v) is 13.5. The van der Waals surface area contributed by atoms with Gasteiger partial charge in [0.25, 0.3) is 0 Å². The van der Waals surface area contributed by atoms with E-state index in [1.165, 1.54) is 37.7 Å². The fourth-order valence-corrected chi connectivity index (χ4v) is 4.93. The van der Waals surface area contributed by atoms with Crippen molar-refractivity contribution in [1.82, 2.24) is 15.5 Å². The average Bonchev–Trinajstić information content (AvgIpc) is 2.84. The molecule has 2 rings (SSSR count). The minimum absolute atomic E-state index is 0.0618. The van der Waals surface area contributed by atoms with E-state index in [1.54, 1.807) is 0 Å². The van der Waals surface area contributed by atoms with E-state index in [-0.39, 0.29) is 17.9 Å². The normalized spacial score (nSPS) is 16.1. The molecule has 0 saturated heterocycles. The molecule has 0 radical (unpaired) electrons. The van der Waals surface area contributed by atoms with Gasteiger partial charge >= 0.3 is 0 Å². The molecule has 6 heteroatoms. The van der Waals surface area contributed by atoms with Gasteiger partial charge in [-0.05, 0) is 37.2 Å². The number of carbonyl (C=O) groups is 2. The summed E-state index contributed by atoms with van der Waals surface area (Å²) in [5.74, 6) is 0.634. The Balaban J connectivity index is 1.82. The molecule has 1 aliphatic rings. The summed E-state index contributed by atoms with van der Waals surface area (Å²) < 4.78 is 0. The molecule has 1 aliphatic carbocycles. The molecule has 1 aromatic rings. The van der Waals surface area contributed by atoms with E-state index < -0.39 is 6.10 Å². The minimum Gasteiger partial charge on any atom is -0.390 e. The van der Waals surface area contributed by atoms with Crippen molar-refractivity contribution in [3.8, 4) is 0 Å². The van der Waals surface area contributed by atoms with Crippen molar-refractivity contribution in [2.24, 2.45) is 5.92 Å². The zero-order chi connectivity index (χ0) is 24.6. The smallest absolute Gasteiger partial charge is 0.222 e. The van der Waals surface area contributed by atoms with Gasteiger partial charge in [-0.1, -0.05) is 76.3 Å². The van der Waals surface area contributed by atoms with Gasteiger partial charge in [-0.25, -0.2) is 0 Å². The lowest BCUT2D eigenvalue weighted by Gasteiger charge is -2.30. The van der Waals surface area contributed by atoms with Gasteiger partial charge in [-0.3, -0.25) is 9.59 Å². The minimum atomic E-state index is -0.638. The lowest BCUT2D eigenvalue weighted by molar-refractivity contribution is -0.131. The van der Waals surface area contributed by atoms with Gasteiger partial charge in [-0.15, -0.1) is 0 Å². The van der Waals surface area contributed by atoms with Crippen molar-refractivity contribution in [2.45, 2.75) is 103 Å². The van der Waals surface area contributed by atoms with E-state index in [1.807, 2.05) is 23.1 Å². The van der Waals surface area contributed by atoms with Crippen LogP contribution in [0.5, 0.6) is 0 Å². The molecule has 0 unspecified atom stereocenters. The summed E-state index contributed by atoms with van der Waals surface area (Å²) in [4.78, 5) is 27.1. The first kappa shape index (κ1) is 28.3. The molecule has 34 heavy (non-hydrogen) atoms. The van der Waals surface area contributed by atoms with Crippen molar-refractivity contribution in [2.75, 3.05) is 19.6 Å². The third kappa shape index (κ3) is 11.0. The first-order chi connectivity index (χ1) is 16.5. The molecular weight excluding hydrogens is 426 g/mol. The molecule has 3 N–H and O–H groups in total. The molecule has 6 nitrogen and oxygen atoms in total. The number of nitrogens with zero attached hydrogens (tertiary/aromatic N) is 1. The molecule has 1 fully saturated rings. The largest absolute Gasteiger partial charge is 0.390 e. The van der Waals surface area contributed by atoms with Crippen molar-refractivity contribution >= 4 is 11.8 Å². The molecule has 1 aromatic carbocycles. The van der Waals surface area contributed by atoms with Crippen molar-refractivity contribution in [3.63, 3.8) is 0 Å². The lowest BCUT2D eigenvalue weighted by atomic mass is 9.83. The topological polar surface area (TPSA) is 81.7 Å². The second-order valence-electron chi connectivity index (χ2n) is 9.83. The van der Waals surface area contributed by atoms with Crippen LogP contribution in [0, 0.1) is 5.92 Å². The molecule has 192 valence electrons. The molecule has 0 heterocycles. The molecule has 0 spiro atoms. The predicted octanol–water partition coefficient (Wildman–Crippen LogP) is 4.41. The number of hydrogen-bond acceptors (Lipinski definition) is 4. The number of benzene rings is 1. The monoisotopic (exact) mass is 473 g/mol. The second-order valence-corrected chi connectivity index (χ2v) is 9.83. The third-order valence-electron chi connectivity index (χ3n) is 6.78. The fourth-order valence-electron chi connectivity index (χ4n) is 4.93. The molecule has 0 aromatic heterocycles. The Hall–Kier alpha value is -1.92. The zero-order valence-electron chi connectivity index (χ0n) is 21.4. The SMILES string of the molecule is CCCN(CCC)C(=O)CCCC(=O)N[C@@H](CC1CCCCC1)[C@H](O)CNCc1ccccc1. The van der Waals surface area contributed by atoms with Crippen LogP contribution in [0.25, 0.3) is 0 Å². The summed E-state index contributed by atoms with van der Waals surface area (Å²) in [6.07, 6.45) is 9.47. The van der Waals surface area contributed by atoms with Crippen molar-refractivity contribution < 1.29 is 14.7 Å². The van der Waals surface area contributed by atoms with Gasteiger partial charge in [0.05, 0.1) is 12.1 Å². The lowest BCUT2D eigenvalue weighted by Crippen LogP contribution is -2.48. The van der Waals surface area contributed by atoms with Gasteiger partial charge in [0.2, 0.25) is 11.8 Å². The van der Waals surface area contributed by atoms with Gasteiger partial charge < -0.3 is 20.6 Å². The van der Waals surface area contributed by atoms with E-state index in [4.69, 9.17) is 0 Å². The van der Waals surface area contributed by atoms with Crippen LogP contribution in [0.1, 0.15) is 90.0 Å². The van der Waals surface area contributed by atoms with Crippen LogP contribution in [0.4, 0.5) is 0 Å². The quantitative estimate of drug-likeness (QED) is 0.332. The van der Waals surface area contributed by atoms with Crippen LogP contribution in [-0.2, 0) is 16.1 Å². The van der Waals surface area contributed by atoms with E-state index in [2.05, 4.69) is 36.6 Å². The molecule has 2 amide bonds. The number of amides is 2. The van der Waals surface area contributed by atoms with Crippen LogP contribution in [-0.4, -0.2) is 53.6 Å². The van der Waals surface area contributed by atoms with Crippen LogP contribution in [0.3, 0.4) is 0 Å². The number of aliphatic hydroxyl groups excluding tert-OH is 1. The van der Waals surface area contributed by atoms with Crippen LogP contribution in [0.2, 0.25) is 0 Å². The second kappa shape index (κ2) is 16.7. The fraction of sp³-hybridized carbons (Fsp3) is 0.714. The highest BCUT2D eigenvalue weighted by molar-refractivity contribution is 5.79. The Morgan fingerprint density at radius 1 is 1.03 bits per heavy atom. The Kier molecular flexibility index (Phi) is 13.9. The van der Waals surface area contributed by atoms with Crippen LogP contribution >= 0.6 is 0 Å². The highest BCUT2D eigenvalue weighted by Crippen LogP contribution is 2.28. The first-order valence-electron chi connectivity index (χ1n) is 13.5. The van der Waals surface area contributed by atoms with E-state index in [0.717, 1.165) is 32.4 Å². The van der Waals surface area contributed by atoms with Crippen molar-refractivity contribution in [3.05, 3.63) is 35.9 Å². The highest BCUT2D eigenvalue weighted by atomic mass is 16.3. The molecular formula is C28H47N3O3. The third-order valence-corrected chi connectivity index (χ3v) is 6.78. The maximum atomic E-state index is 12.7. The van der Waals surface area contributed by atoms with Gasteiger partial charge in [0.1, 0.15) is 0 Å². The van der Waals surface area contributed by atoms with Gasteiger partial charge in [0, 0.05) is 39.0 Å². The number of nitrogens with one attached hydrogen (secondary N) is 2. The maximum absolute atomic E-state index is 12.7. The van der Waals surface area contributed by atoms with Gasteiger partial charge in [-0.2, -0.15) is 0 Å². The van der Waals surface area contributed by atoms with Crippen molar-refractivity contribution in [1.29, 1.82) is 0 Å². The standard InChI is InChI=1S/C28H47N3O3/c1-3-18-31(19-4-2)28(34)17-11-16-27(33)30-25(20-23-12-7-5-8-13-23)26(32)22-29-21-24-14-9-6-10-15-24/h6,9-10,14-15,23,25-26,29,32H,3-5,7-8,11-13,16-22H2,1-2H3,(H,30,33)/t25-,26+/m0/s1. The van der Waals surface area contributed by atoms with E-state index >= 15 is 0 Å². The Bertz CT molecular complexity index is 685. The number of aliphatic hydroxyl groups is 1.